The Kier molecular flexibility index (Phi) is 5.83. The van der Waals surface area contributed by atoms with E-state index in [2.05, 4.69) is 55.7 Å². The van der Waals surface area contributed by atoms with Gasteiger partial charge in [-0.15, -0.1) is 11.3 Å². The number of ether oxygens (including phenoxy) is 1. The smallest absolute Gasteiger partial charge is 0.121 e. The third-order valence-corrected chi connectivity index (χ3v) is 4.80. The third-order valence-electron chi connectivity index (χ3n) is 3.77. The second kappa shape index (κ2) is 7.62. The van der Waals surface area contributed by atoms with Gasteiger partial charge in [0.1, 0.15) is 5.75 Å². The van der Waals surface area contributed by atoms with Gasteiger partial charge in [-0.25, -0.2) is 0 Å². The van der Waals surface area contributed by atoms with Crippen LogP contribution in [0.1, 0.15) is 47.9 Å². The van der Waals surface area contributed by atoms with E-state index in [9.17, 15) is 0 Å². The van der Waals surface area contributed by atoms with E-state index in [0.717, 1.165) is 25.1 Å². The second-order valence-electron chi connectivity index (χ2n) is 5.28. The van der Waals surface area contributed by atoms with Crippen LogP contribution in [-0.2, 0) is 6.42 Å². The lowest BCUT2D eigenvalue weighted by atomic mass is 9.99. The van der Waals surface area contributed by atoms with Crippen LogP contribution in [0.15, 0.2) is 29.6 Å². The number of aryl methyl sites for hydroxylation is 2. The van der Waals surface area contributed by atoms with E-state index in [1.807, 2.05) is 11.3 Å². The first kappa shape index (κ1) is 16.1. The van der Waals surface area contributed by atoms with E-state index in [1.165, 1.54) is 21.6 Å². The summed E-state index contributed by atoms with van der Waals surface area (Å²) in [6.07, 6.45) is 2.22. The molecule has 2 aromatic rings. The van der Waals surface area contributed by atoms with Crippen LogP contribution in [0.4, 0.5) is 0 Å². The van der Waals surface area contributed by atoms with Crippen molar-refractivity contribution in [3.63, 3.8) is 0 Å². The molecule has 114 valence electrons. The number of nitrogens with one attached hydrogen (secondary N) is 1. The molecule has 0 fully saturated rings. The Morgan fingerprint density at radius 1 is 1.24 bits per heavy atom. The second-order valence-corrected chi connectivity index (χ2v) is 6.23. The molecule has 3 heteroatoms. The number of methoxy groups -OCH3 is 1. The Morgan fingerprint density at radius 3 is 2.67 bits per heavy atom. The van der Waals surface area contributed by atoms with Crippen molar-refractivity contribution < 1.29 is 4.74 Å². The van der Waals surface area contributed by atoms with Crippen LogP contribution in [0, 0.1) is 6.92 Å². The minimum Gasteiger partial charge on any atom is -0.496 e. The molecule has 0 radical (unpaired) electrons. The van der Waals surface area contributed by atoms with Crippen molar-refractivity contribution in [2.24, 2.45) is 0 Å². The molecule has 0 saturated heterocycles. The number of benzene rings is 1. The Bertz CT molecular complexity index is 576. The van der Waals surface area contributed by atoms with Gasteiger partial charge < -0.3 is 10.1 Å². The monoisotopic (exact) mass is 303 g/mol. The van der Waals surface area contributed by atoms with E-state index in [4.69, 9.17) is 4.74 Å². The van der Waals surface area contributed by atoms with Gasteiger partial charge >= 0.3 is 0 Å². The van der Waals surface area contributed by atoms with Crippen molar-refractivity contribution in [3.05, 3.63) is 51.2 Å². The van der Waals surface area contributed by atoms with Crippen LogP contribution >= 0.6 is 11.3 Å². The first-order valence-corrected chi connectivity index (χ1v) is 8.53. The number of hydrogen-bond acceptors (Lipinski definition) is 3. The van der Waals surface area contributed by atoms with Gasteiger partial charge in [0.05, 0.1) is 13.2 Å². The summed E-state index contributed by atoms with van der Waals surface area (Å²) in [7, 11) is 1.73. The molecule has 1 aromatic heterocycles. The Hall–Kier alpha value is -1.32. The highest BCUT2D eigenvalue weighted by molar-refractivity contribution is 7.10. The molecule has 1 unspecified atom stereocenters. The van der Waals surface area contributed by atoms with Gasteiger partial charge in [0.25, 0.3) is 0 Å². The molecule has 2 nitrogen and oxygen atoms in total. The molecule has 1 N–H and O–H groups in total. The molecule has 1 heterocycles. The molecule has 1 aromatic carbocycles. The molecule has 0 aliphatic rings. The summed E-state index contributed by atoms with van der Waals surface area (Å²) in [5.41, 5.74) is 3.95. The molecule has 0 saturated carbocycles. The summed E-state index contributed by atoms with van der Waals surface area (Å²) in [5.74, 6) is 0.954. The standard InChI is InChI=1S/C18H25NOS/c1-5-10-19-17(18-14(6-2)9-11-21-18)15-7-8-16(20-4)13(3)12-15/h7-9,11-12,17,19H,5-6,10H2,1-4H3. The summed E-state index contributed by atoms with van der Waals surface area (Å²) in [4.78, 5) is 1.44. The van der Waals surface area contributed by atoms with Crippen LogP contribution < -0.4 is 10.1 Å². The third kappa shape index (κ3) is 3.66. The highest BCUT2D eigenvalue weighted by Gasteiger charge is 2.18. The van der Waals surface area contributed by atoms with Crippen molar-refractivity contribution in [2.75, 3.05) is 13.7 Å². The minimum absolute atomic E-state index is 0.282. The molecular weight excluding hydrogens is 278 g/mol. The van der Waals surface area contributed by atoms with E-state index >= 15 is 0 Å². The average molecular weight is 303 g/mol. The van der Waals surface area contributed by atoms with Crippen molar-refractivity contribution in [1.29, 1.82) is 0 Å². The van der Waals surface area contributed by atoms with Crippen molar-refractivity contribution in [2.45, 2.75) is 39.7 Å². The fourth-order valence-corrected chi connectivity index (χ4v) is 3.72. The van der Waals surface area contributed by atoms with Gasteiger partial charge in [-0.1, -0.05) is 26.0 Å². The molecule has 2 rings (SSSR count). The van der Waals surface area contributed by atoms with Crippen molar-refractivity contribution in [1.82, 2.24) is 5.32 Å². The molecule has 21 heavy (non-hydrogen) atoms. The maximum Gasteiger partial charge on any atom is 0.121 e. The van der Waals surface area contributed by atoms with Gasteiger partial charge in [0.15, 0.2) is 0 Å². The maximum absolute atomic E-state index is 5.38. The summed E-state index contributed by atoms with van der Waals surface area (Å²) in [6, 6.07) is 9.02. The normalized spacial score (nSPS) is 12.4. The lowest BCUT2D eigenvalue weighted by Crippen LogP contribution is -2.23. The molecule has 0 amide bonds. The predicted octanol–water partition coefficient (Wildman–Crippen LogP) is 4.72. The average Bonchev–Trinajstić information content (AvgIpc) is 2.96. The van der Waals surface area contributed by atoms with Gasteiger partial charge in [-0.05, 0) is 60.5 Å². The van der Waals surface area contributed by atoms with E-state index < -0.39 is 0 Å². The molecule has 0 bridgehead atoms. The summed E-state index contributed by atoms with van der Waals surface area (Å²) < 4.78 is 5.38. The molecule has 1 atom stereocenters. The van der Waals surface area contributed by atoms with Gasteiger partial charge in [0.2, 0.25) is 0 Å². The zero-order valence-corrected chi connectivity index (χ0v) is 14.2. The van der Waals surface area contributed by atoms with E-state index in [-0.39, 0.29) is 6.04 Å². The minimum atomic E-state index is 0.282. The van der Waals surface area contributed by atoms with Crippen LogP contribution in [0.2, 0.25) is 0 Å². The Labute approximate surface area is 132 Å². The zero-order valence-electron chi connectivity index (χ0n) is 13.4. The highest BCUT2D eigenvalue weighted by Crippen LogP contribution is 2.32. The fraction of sp³-hybridized carbons (Fsp3) is 0.444. The summed E-state index contributed by atoms with van der Waals surface area (Å²) >= 11 is 1.85. The first-order chi connectivity index (χ1) is 10.2. The Morgan fingerprint density at radius 2 is 2.05 bits per heavy atom. The highest BCUT2D eigenvalue weighted by atomic mass is 32.1. The largest absolute Gasteiger partial charge is 0.496 e. The van der Waals surface area contributed by atoms with Crippen molar-refractivity contribution >= 4 is 11.3 Å². The predicted molar refractivity (Wildman–Crippen MR) is 91.6 cm³/mol. The quantitative estimate of drug-likeness (QED) is 0.799. The van der Waals surface area contributed by atoms with Gasteiger partial charge in [0, 0.05) is 4.88 Å². The summed E-state index contributed by atoms with van der Waals surface area (Å²) in [5, 5.41) is 5.90. The summed E-state index contributed by atoms with van der Waals surface area (Å²) in [6.45, 7) is 7.56. The number of rotatable bonds is 7. The van der Waals surface area contributed by atoms with Crippen molar-refractivity contribution in [3.8, 4) is 5.75 Å². The molecular formula is C18H25NOS. The molecule has 0 aliphatic carbocycles. The van der Waals surface area contributed by atoms with Crippen LogP contribution in [0.25, 0.3) is 0 Å². The molecule has 0 aliphatic heterocycles. The Balaban J connectivity index is 2.38. The number of thiophene rings is 1. The van der Waals surface area contributed by atoms with E-state index in [1.54, 1.807) is 7.11 Å². The van der Waals surface area contributed by atoms with Crippen LogP contribution in [0.5, 0.6) is 5.75 Å². The first-order valence-electron chi connectivity index (χ1n) is 7.65. The van der Waals surface area contributed by atoms with Gasteiger partial charge in [-0.2, -0.15) is 0 Å². The van der Waals surface area contributed by atoms with Crippen LogP contribution in [-0.4, -0.2) is 13.7 Å². The zero-order chi connectivity index (χ0) is 15.2. The number of hydrogen-bond donors (Lipinski definition) is 1. The fourth-order valence-electron chi connectivity index (χ4n) is 2.62. The van der Waals surface area contributed by atoms with Crippen LogP contribution in [0.3, 0.4) is 0 Å². The lowest BCUT2D eigenvalue weighted by molar-refractivity contribution is 0.411. The SMILES string of the molecule is CCCNC(c1ccc(OC)c(C)c1)c1sccc1CC. The molecule has 0 spiro atoms. The van der Waals surface area contributed by atoms with E-state index in [0.29, 0.717) is 0 Å². The lowest BCUT2D eigenvalue weighted by Gasteiger charge is -2.20. The van der Waals surface area contributed by atoms with Gasteiger partial charge in [-0.3, -0.25) is 0 Å². The topological polar surface area (TPSA) is 21.3 Å². The maximum atomic E-state index is 5.38.